The van der Waals surface area contributed by atoms with Crippen molar-refractivity contribution in [3.05, 3.63) is 71.8 Å². The standard InChI is InChI=1S/C28H35F3N6O3/c1-4-27(38)32-22-15-23(36-11-9-35(10-12-36)8-7-28(29,30)31)19-37(18-22)26-16-21(33-34-26)6-5-20-13-24(39-2)17-25(14-20)40-3/h4,13-17,19H,1,5-12,18H2,2-3H3,(H,32,38)(H,33,34). The summed E-state index contributed by atoms with van der Waals surface area (Å²) in [5, 5.41) is 10.5. The average molecular weight is 561 g/mol. The number of amides is 1. The Kier molecular flexibility index (Phi) is 9.41. The van der Waals surface area contributed by atoms with Crippen LogP contribution in [0.3, 0.4) is 0 Å². The molecule has 0 radical (unpaired) electrons. The van der Waals surface area contributed by atoms with Crippen molar-refractivity contribution in [2.45, 2.75) is 25.4 Å². The number of methoxy groups -OCH3 is 2. The van der Waals surface area contributed by atoms with E-state index in [0.29, 0.717) is 50.7 Å². The number of alkyl halides is 3. The number of carbonyl (C=O) groups excluding carboxylic acids is 1. The summed E-state index contributed by atoms with van der Waals surface area (Å²) >= 11 is 0. The number of nitrogens with zero attached hydrogens (tertiary/aromatic N) is 4. The molecule has 2 N–H and O–H groups in total. The molecule has 1 aromatic heterocycles. The van der Waals surface area contributed by atoms with Crippen molar-refractivity contribution in [3.8, 4) is 11.5 Å². The Balaban J connectivity index is 1.44. The van der Waals surface area contributed by atoms with Gasteiger partial charge in [0, 0.05) is 62.4 Å². The van der Waals surface area contributed by atoms with Crippen LogP contribution in [0.1, 0.15) is 17.7 Å². The molecule has 1 aromatic carbocycles. The van der Waals surface area contributed by atoms with E-state index >= 15 is 0 Å². The first-order chi connectivity index (χ1) is 19.1. The van der Waals surface area contributed by atoms with E-state index in [0.717, 1.165) is 34.9 Å². The minimum Gasteiger partial charge on any atom is -0.497 e. The van der Waals surface area contributed by atoms with Crippen molar-refractivity contribution in [2.75, 3.05) is 58.4 Å². The normalized spacial score (nSPS) is 16.3. The summed E-state index contributed by atoms with van der Waals surface area (Å²) in [5.74, 6) is 1.83. The van der Waals surface area contributed by atoms with Gasteiger partial charge in [-0.1, -0.05) is 6.58 Å². The molecule has 0 aliphatic carbocycles. The molecule has 0 spiro atoms. The zero-order chi connectivity index (χ0) is 28.7. The van der Waals surface area contributed by atoms with Gasteiger partial charge in [0.2, 0.25) is 5.91 Å². The topological polar surface area (TPSA) is 86.0 Å². The van der Waals surface area contributed by atoms with Crippen molar-refractivity contribution in [1.29, 1.82) is 0 Å². The third kappa shape index (κ3) is 8.04. The van der Waals surface area contributed by atoms with Crippen LogP contribution in [-0.4, -0.2) is 85.6 Å². The number of allylic oxidation sites excluding steroid dienone is 1. The number of carbonyl (C=O) groups is 1. The molecule has 2 aliphatic rings. The highest BCUT2D eigenvalue weighted by Gasteiger charge is 2.29. The van der Waals surface area contributed by atoms with Crippen LogP contribution in [0.2, 0.25) is 0 Å². The number of ether oxygens (including phenoxy) is 2. The van der Waals surface area contributed by atoms with Crippen LogP contribution in [0.25, 0.3) is 0 Å². The van der Waals surface area contributed by atoms with Crippen LogP contribution in [0.4, 0.5) is 19.0 Å². The molecule has 1 amide bonds. The first kappa shape index (κ1) is 29.1. The summed E-state index contributed by atoms with van der Waals surface area (Å²) in [6.07, 6.45) is 1.55. The number of anilines is 1. The lowest BCUT2D eigenvalue weighted by Crippen LogP contribution is -2.47. The van der Waals surface area contributed by atoms with Gasteiger partial charge in [-0.15, -0.1) is 0 Å². The highest BCUT2D eigenvalue weighted by atomic mass is 19.4. The molecular weight excluding hydrogens is 525 g/mol. The Bertz CT molecular complexity index is 1230. The Morgan fingerprint density at radius 1 is 1.10 bits per heavy atom. The van der Waals surface area contributed by atoms with Crippen molar-refractivity contribution in [1.82, 2.24) is 25.3 Å². The number of halogens is 3. The predicted molar refractivity (Wildman–Crippen MR) is 146 cm³/mol. The Hall–Kier alpha value is -3.93. The predicted octanol–water partition coefficient (Wildman–Crippen LogP) is 3.63. The van der Waals surface area contributed by atoms with Crippen LogP contribution >= 0.6 is 0 Å². The zero-order valence-corrected chi connectivity index (χ0v) is 22.8. The minimum atomic E-state index is -4.16. The van der Waals surface area contributed by atoms with Gasteiger partial charge in [-0.05, 0) is 42.7 Å². The molecule has 0 atom stereocenters. The number of aromatic nitrogens is 2. The van der Waals surface area contributed by atoms with E-state index in [2.05, 4.69) is 27.0 Å². The van der Waals surface area contributed by atoms with Gasteiger partial charge in [-0.25, -0.2) is 0 Å². The van der Waals surface area contributed by atoms with Crippen molar-refractivity contribution in [3.63, 3.8) is 0 Å². The van der Waals surface area contributed by atoms with Gasteiger partial charge in [0.1, 0.15) is 11.5 Å². The molecule has 216 valence electrons. The number of rotatable bonds is 11. The number of aromatic amines is 1. The second-order valence-electron chi connectivity index (χ2n) is 9.71. The van der Waals surface area contributed by atoms with Crippen molar-refractivity contribution >= 4 is 11.7 Å². The number of piperazine rings is 1. The Morgan fingerprint density at radius 3 is 2.42 bits per heavy atom. The monoisotopic (exact) mass is 560 g/mol. The molecule has 9 nitrogen and oxygen atoms in total. The van der Waals surface area contributed by atoms with Gasteiger partial charge in [-0.2, -0.15) is 18.3 Å². The maximum absolute atomic E-state index is 12.6. The summed E-state index contributed by atoms with van der Waals surface area (Å²) in [5.41, 5.74) is 3.54. The van der Waals surface area contributed by atoms with Gasteiger partial charge in [0.25, 0.3) is 0 Å². The molecule has 2 aromatic rings. The largest absolute Gasteiger partial charge is 0.497 e. The number of hydrogen-bond acceptors (Lipinski definition) is 7. The van der Waals surface area contributed by atoms with E-state index in [-0.39, 0.29) is 12.5 Å². The quantitative estimate of drug-likeness (QED) is 0.406. The molecule has 3 heterocycles. The summed E-state index contributed by atoms with van der Waals surface area (Å²) < 4.78 is 48.6. The molecule has 12 heteroatoms. The molecule has 4 rings (SSSR count). The lowest BCUT2D eigenvalue weighted by Gasteiger charge is -2.38. The van der Waals surface area contributed by atoms with Crippen LogP contribution < -0.4 is 19.7 Å². The van der Waals surface area contributed by atoms with Crippen molar-refractivity contribution in [2.24, 2.45) is 0 Å². The number of aryl methyl sites for hydroxylation is 2. The van der Waals surface area contributed by atoms with E-state index in [9.17, 15) is 18.0 Å². The van der Waals surface area contributed by atoms with Gasteiger partial charge < -0.3 is 24.6 Å². The Labute approximate surface area is 231 Å². The van der Waals surface area contributed by atoms with Gasteiger partial charge >= 0.3 is 6.18 Å². The second-order valence-corrected chi connectivity index (χ2v) is 9.71. The fourth-order valence-corrected chi connectivity index (χ4v) is 4.68. The van der Waals surface area contributed by atoms with E-state index in [1.807, 2.05) is 46.3 Å². The number of benzene rings is 1. The first-order valence-corrected chi connectivity index (χ1v) is 13.1. The zero-order valence-electron chi connectivity index (χ0n) is 22.8. The second kappa shape index (κ2) is 12.9. The SMILES string of the molecule is C=CC(=O)NC1=CC(N2CCN(CCC(F)(F)F)CC2)=CN(c2cc(CCc3cc(OC)cc(OC)c3)[nH]n2)C1. The number of hydrogen-bond donors (Lipinski definition) is 2. The van der Waals surface area contributed by atoms with Gasteiger partial charge in [-0.3, -0.25) is 14.8 Å². The summed E-state index contributed by atoms with van der Waals surface area (Å²) in [4.78, 5) is 17.9. The maximum atomic E-state index is 12.6. The van der Waals surface area contributed by atoms with E-state index in [1.165, 1.54) is 6.08 Å². The van der Waals surface area contributed by atoms with Crippen LogP contribution in [-0.2, 0) is 17.6 Å². The van der Waals surface area contributed by atoms with Gasteiger partial charge in [0.05, 0.1) is 32.9 Å². The maximum Gasteiger partial charge on any atom is 0.390 e. The Morgan fingerprint density at radius 2 is 1.80 bits per heavy atom. The number of H-pyrrole nitrogens is 1. The summed E-state index contributed by atoms with van der Waals surface area (Å²) in [6.45, 7) is 6.12. The van der Waals surface area contributed by atoms with Crippen LogP contribution in [0.5, 0.6) is 11.5 Å². The molecule has 0 unspecified atom stereocenters. The fourth-order valence-electron chi connectivity index (χ4n) is 4.68. The van der Waals surface area contributed by atoms with Crippen molar-refractivity contribution < 1.29 is 27.4 Å². The lowest BCUT2D eigenvalue weighted by molar-refractivity contribution is -0.138. The molecule has 40 heavy (non-hydrogen) atoms. The first-order valence-electron chi connectivity index (χ1n) is 13.1. The van der Waals surface area contributed by atoms with Crippen LogP contribution in [0, 0.1) is 0 Å². The van der Waals surface area contributed by atoms with Crippen LogP contribution in [0.15, 0.2) is 60.6 Å². The molecule has 2 aliphatic heterocycles. The molecule has 0 bridgehead atoms. The third-order valence-electron chi connectivity index (χ3n) is 6.87. The molecule has 0 saturated carbocycles. The fraction of sp³-hybridized carbons (Fsp3) is 0.429. The van der Waals surface area contributed by atoms with E-state index < -0.39 is 12.6 Å². The summed E-state index contributed by atoms with van der Waals surface area (Å²) in [6, 6.07) is 7.75. The average Bonchev–Trinajstić information content (AvgIpc) is 3.43. The minimum absolute atomic E-state index is 0.00240. The smallest absolute Gasteiger partial charge is 0.390 e. The molecular formula is C28H35F3N6O3. The van der Waals surface area contributed by atoms with Gasteiger partial charge in [0.15, 0.2) is 5.82 Å². The third-order valence-corrected chi connectivity index (χ3v) is 6.87. The highest BCUT2D eigenvalue weighted by Crippen LogP contribution is 2.26. The van der Waals surface area contributed by atoms with E-state index in [1.54, 1.807) is 14.2 Å². The summed E-state index contributed by atoms with van der Waals surface area (Å²) in [7, 11) is 3.24. The number of nitrogens with one attached hydrogen (secondary N) is 2. The lowest BCUT2D eigenvalue weighted by atomic mass is 10.1. The molecule has 1 saturated heterocycles. The molecule has 1 fully saturated rings. The van der Waals surface area contributed by atoms with E-state index in [4.69, 9.17) is 9.47 Å². The highest BCUT2D eigenvalue weighted by molar-refractivity contribution is 5.88.